The zero-order valence-electron chi connectivity index (χ0n) is 15.6. The van der Waals surface area contributed by atoms with Crippen molar-refractivity contribution in [2.24, 2.45) is 11.3 Å². The molecule has 0 amide bonds. The predicted molar refractivity (Wildman–Crippen MR) is 102 cm³/mol. The number of fused-ring (bicyclic) bond motifs is 2. The number of halogens is 2. The van der Waals surface area contributed by atoms with Crippen molar-refractivity contribution in [2.45, 2.75) is 18.8 Å². The van der Waals surface area contributed by atoms with Crippen LogP contribution in [0.4, 0.5) is 0 Å². The molecule has 0 bridgehead atoms. The minimum atomic E-state index is -0.273. The van der Waals surface area contributed by atoms with E-state index in [9.17, 15) is 10.2 Å². The molecule has 2 unspecified atom stereocenters. The average Bonchev–Trinajstić information content (AvgIpc) is 3.26. The van der Waals surface area contributed by atoms with Gasteiger partial charge in [-0.3, -0.25) is 0 Å². The van der Waals surface area contributed by atoms with Crippen LogP contribution in [0.15, 0.2) is 77.9 Å². The first-order valence-electron chi connectivity index (χ1n) is 9.06. The Bertz CT molecular complexity index is 818. The Morgan fingerprint density at radius 3 is 2.29 bits per heavy atom. The van der Waals surface area contributed by atoms with E-state index in [-0.39, 0.29) is 81.5 Å². The third kappa shape index (κ3) is 4.25. The summed E-state index contributed by atoms with van der Waals surface area (Å²) in [4.78, 5) is 0. The van der Waals surface area contributed by atoms with Gasteiger partial charge < -0.3 is 35.0 Å². The Kier molecular flexibility index (Phi) is 9.87. The molecule has 4 rings (SSSR count). The molecule has 0 spiro atoms. The van der Waals surface area contributed by atoms with Crippen LogP contribution in [0.1, 0.15) is 29.9 Å². The van der Waals surface area contributed by atoms with Crippen LogP contribution in [0.5, 0.6) is 0 Å². The predicted octanol–water partition coefficient (Wildman–Crippen LogP) is -1.84. The van der Waals surface area contributed by atoms with Crippen molar-refractivity contribution >= 4 is 6.08 Å². The summed E-state index contributed by atoms with van der Waals surface area (Å²) in [5.74, 6) is 0.436. The third-order valence-corrected chi connectivity index (χ3v) is 5.94. The van der Waals surface area contributed by atoms with Crippen molar-refractivity contribution in [1.29, 1.82) is 0 Å². The summed E-state index contributed by atoms with van der Waals surface area (Å²) >= 11 is 0. The Morgan fingerprint density at radius 2 is 1.57 bits per heavy atom. The fourth-order valence-electron chi connectivity index (χ4n) is 4.80. The summed E-state index contributed by atoms with van der Waals surface area (Å²) in [7, 11) is 0. The van der Waals surface area contributed by atoms with Crippen molar-refractivity contribution in [3.05, 3.63) is 89.1 Å². The molecule has 28 heavy (non-hydrogen) atoms. The third-order valence-electron chi connectivity index (χ3n) is 5.94. The Hall–Kier alpha value is -0.697. The van der Waals surface area contributed by atoms with E-state index in [1.807, 2.05) is 0 Å². The normalized spacial score (nSPS) is 20.9. The van der Waals surface area contributed by atoms with Crippen molar-refractivity contribution in [2.75, 3.05) is 13.2 Å². The second-order valence-corrected chi connectivity index (χ2v) is 7.08. The van der Waals surface area contributed by atoms with E-state index in [4.69, 9.17) is 0 Å². The zero-order chi connectivity index (χ0) is 17.3. The van der Waals surface area contributed by atoms with Crippen molar-refractivity contribution in [3.8, 4) is 0 Å². The summed E-state index contributed by atoms with van der Waals surface area (Å²) in [6.45, 7) is 0.233. The molecule has 2 atom stereocenters. The van der Waals surface area contributed by atoms with Crippen LogP contribution < -0.4 is 24.8 Å². The van der Waals surface area contributed by atoms with E-state index >= 15 is 0 Å². The average molecular weight is 495 g/mol. The van der Waals surface area contributed by atoms with Gasteiger partial charge in [0, 0.05) is 30.5 Å². The topological polar surface area (TPSA) is 40.5 Å². The van der Waals surface area contributed by atoms with Crippen LogP contribution in [0, 0.1) is 11.3 Å². The first-order valence-corrected chi connectivity index (χ1v) is 9.06. The smallest absolute Gasteiger partial charge is 1.00 e. The summed E-state index contributed by atoms with van der Waals surface area (Å²) in [5, 5.41) is 19.8. The maximum atomic E-state index is 9.91. The van der Waals surface area contributed by atoms with Gasteiger partial charge in [0.15, 0.2) is 0 Å². The van der Waals surface area contributed by atoms with Crippen LogP contribution in [-0.4, -0.2) is 23.4 Å². The molecule has 3 aliphatic carbocycles. The SMILES string of the molecule is OCCC(CCO)(C1=CC=C2C=CC=CC21)C1C=Cc2ccccc21.[Cl-].[Cl-].[Zr+2]. The largest absolute Gasteiger partial charge is 2.00 e. The number of hydrogen-bond acceptors (Lipinski definition) is 2. The van der Waals surface area contributed by atoms with Gasteiger partial charge >= 0.3 is 26.2 Å². The van der Waals surface area contributed by atoms with Gasteiger partial charge in [-0.05, 0) is 29.5 Å². The molecule has 1 aromatic rings. The molecule has 2 nitrogen and oxygen atoms in total. The van der Waals surface area contributed by atoms with E-state index in [0.717, 1.165) is 0 Å². The first-order chi connectivity index (χ1) is 12.3. The standard InChI is InChI=1S/C23H24O2.2ClH.Zr/c24-15-13-23(14-16-25,21-11-9-17-5-1-3-7-19(17)21)22-12-10-18-6-2-4-8-20(18)22;;;/h1-12,19,22,24-25H,13-16H2;2*1H;/q;;;+2/p-2. The fraction of sp³-hybridized carbons (Fsp3) is 0.304. The maximum Gasteiger partial charge on any atom is 2.00 e. The molecular formula is C23H24Cl2O2Zr. The molecule has 0 aromatic heterocycles. The number of benzene rings is 1. The van der Waals surface area contributed by atoms with E-state index in [1.165, 1.54) is 22.3 Å². The van der Waals surface area contributed by atoms with Crippen LogP contribution in [-0.2, 0) is 26.2 Å². The van der Waals surface area contributed by atoms with Crippen LogP contribution >= 0.6 is 0 Å². The fourth-order valence-corrected chi connectivity index (χ4v) is 4.80. The van der Waals surface area contributed by atoms with E-state index < -0.39 is 0 Å². The number of hydrogen-bond donors (Lipinski definition) is 2. The van der Waals surface area contributed by atoms with E-state index in [2.05, 4.69) is 72.9 Å². The van der Waals surface area contributed by atoms with Crippen LogP contribution in [0.3, 0.4) is 0 Å². The van der Waals surface area contributed by atoms with Crippen molar-refractivity contribution < 1.29 is 61.2 Å². The molecule has 0 aliphatic heterocycles. The second-order valence-electron chi connectivity index (χ2n) is 7.08. The van der Waals surface area contributed by atoms with E-state index in [0.29, 0.717) is 12.8 Å². The second kappa shape index (κ2) is 10.9. The van der Waals surface area contributed by atoms with Crippen molar-refractivity contribution in [3.63, 3.8) is 0 Å². The quantitative estimate of drug-likeness (QED) is 0.488. The van der Waals surface area contributed by atoms with Crippen LogP contribution in [0.25, 0.3) is 6.08 Å². The maximum absolute atomic E-state index is 9.91. The van der Waals surface area contributed by atoms with Gasteiger partial charge in [-0.25, -0.2) is 0 Å². The van der Waals surface area contributed by atoms with Crippen LogP contribution in [0.2, 0.25) is 0 Å². The molecule has 0 radical (unpaired) electrons. The van der Waals surface area contributed by atoms with Gasteiger partial charge in [-0.2, -0.15) is 0 Å². The monoisotopic (exact) mass is 492 g/mol. The minimum absolute atomic E-state index is 0. The van der Waals surface area contributed by atoms with Gasteiger partial charge in [0.25, 0.3) is 0 Å². The molecule has 3 aliphatic rings. The molecule has 146 valence electrons. The molecule has 2 N–H and O–H groups in total. The summed E-state index contributed by atoms with van der Waals surface area (Å²) in [6.07, 6.45) is 18.7. The first kappa shape index (κ1) is 25.3. The van der Waals surface area contributed by atoms with Gasteiger partial charge in [0.1, 0.15) is 0 Å². The Balaban J connectivity index is 0.00000131. The Labute approximate surface area is 198 Å². The van der Waals surface area contributed by atoms with Gasteiger partial charge in [0.2, 0.25) is 0 Å². The summed E-state index contributed by atoms with van der Waals surface area (Å²) < 4.78 is 0. The number of aliphatic hydroxyl groups is 2. The molecule has 0 saturated carbocycles. The number of aliphatic hydroxyl groups excluding tert-OH is 2. The molecule has 0 fully saturated rings. The molecule has 0 heterocycles. The van der Waals surface area contributed by atoms with Gasteiger partial charge in [0.05, 0.1) is 0 Å². The van der Waals surface area contributed by atoms with Crippen molar-refractivity contribution in [1.82, 2.24) is 0 Å². The molecule has 1 aromatic carbocycles. The Morgan fingerprint density at radius 1 is 0.857 bits per heavy atom. The van der Waals surface area contributed by atoms with Gasteiger partial charge in [-0.15, -0.1) is 0 Å². The molecular weight excluding hydrogens is 470 g/mol. The van der Waals surface area contributed by atoms with E-state index in [1.54, 1.807) is 0 Å². The number of rotatable bonds is 6. The summed E-state index contributed by atoms with van der Waals surface area (Å²) in [5.41, 5.74) is 4.89. The summed E-state index contributed by atoms with van der Waals surface area (Å²) in [6, 6.07) is 8.47. The van der Waals surface area contributed by atoms with Gasteiger partial charge in [-0.1, -0.05) is 78.4 Å². The number of allylic oxidation sites excluding steroid dienone is 9. The zero-order valence-corrected chi connectivity index (χ0v) is 19.5. The molecule has 5 heteroatoms. The molecule has 0 saturated heterocycles. The minimum Gasteiger partial charge on any atom is -1.00 e.